The number of anilines is 1. The van der Waals surface area contributed by atoms with Crippen LogP contribution >= 0.6 is 0 Å². The Morgan fingerprint density at radius 1 is 1.33 bits per heavy atom. The highest BCUT2D eigenvalue weighted by atomic mass is 16.2. The number of fused-ring (bicyclic) bond motifs is 1. The van der Waals surface area contributed by atoms with Gasteiger partial charge in [-0.3, -0.25) is 19.3 Å². The summed E-state index contributed by atoms with van der Waals surface area (Å²) in [6, 6.07) is 2.29. The Morgan fingerprint density at radius 2 is 2.07 bits per heavy atom. The van der Waals surface area contributed by atoms with Crippen LogP contribution in [0.4, 0.5) is 5.82 Å². The second-order valence-electron chi connectivity index (χ2n) is 6.77. The maximum atomic E-state index is 13.4. The Hall–Kier alpha value is -2.48. The molecule has 0 bridgehead atoms. The summed E-state index contributed by atoms with van der Waals surface area (Å²) in [5.74, 6) is -0.363. The van der Waals surface area contributed by atoms with Crippen molar-refractivity contribution in [3.8, 4) is 0 Å². The monoisotopic (exact) mass is 375 g/mol. The molecule has 2 heterocycles. The van der Waals surface area contributed by atoms with Gasteiger partial charge in [0.05, 0.1) is 6.54 Å². The molecule has 0 fully saturated rings. The molecular weight excluding hydrogens is 346 g/mol. The first kappa shape index (κ1) is 20.8. The van der Waals surface area contributed by atoms with Crippen LogP contribution in [-0.2, 0) is 20.8 Å². The summed E-state index contributed by atoms with van der Waals surface area (Å²) >= 11 is 0. The van der Waals surface area contributed by atoms with Gasteiger partial charge in [0.1, 0.15) is 17.9 Å². The van der Waals surface area contributed by atoms with Crippen molar-refractivity contribution in [1.82, 2.24) is 20.9 Å². The number of nitrogens with zero attached hydrogens (tertiary/aromatic N) is 2. The summed E-state index contributed by atoms with van der Waals surface area (Å²) in [5, 5.41) is 8.39. The minimum atomic E-state index is -0.722. The number of hydrogen-bond donors (Lipinski definition) is 3. The van der Waals surface area contributed by atoms with Crippen LogP contribution in [0, 0.1) is 5.92 Å². The Balaban J connectivity index is 2.36. The Bertz CT molecular complexity index is 694. The Kier molecular flexibility index (Phi) is 7.29. The number of hydrogen-bond acceptors (Lipinski definition) is 5. The SMILES string of the molecule is CCNC(=O)C1Cc2cccnc2N1C(=O)C(NC(=O)CNC)[C@@H](C)CC. The van der Waals surface area contributed by atoms with E-state index in [-0.39, 0.29) is 30.2 Å². The maximum Gasteiger partial charge on any atom is 0.251 e. The highest BCUT2D eigenvalue weighted by Crippen LogP contribution is 2.31. The number of aromatic nitrogens is 1. The van der Waals surface area contributed by atoms with Crippen LogP contribution in [0.25, 0.3) is 0 Å². The van der Waals surface area contributed by atoms with E-state index in [1.54, 1.807) is 19.3 Å². The third-order valence-corrected chi connectivity index (χ3v) is 4.84. The molecule has 0 saturated heterocycles. The molecular formula is C19H29N5O3. The zero-order valence-electron chi connectivity index (χ0n) is 16.4. The molecule has 3 N–H and O–H groups in total. The first-order valence-electron chi connectivity index (χ1n) is 9.43. The van der Waals surface area contributed by atoms with Gasteiger partial charge in [-0.15, -0.1) is 0 Å². The molecule has 27 heavy (non-hydrogen) atoms. The fourth-order valence-corrected chi connectivity index (χ4v) is 3.23. The molecule has 8 heteroatoms. The number of carbonyl (C=O) groups is 3. The lowest BCUT2D eigenvalue weighted by Crippen LogP contribution is -2.57. The number of carbonyl (C=O) groups excluding carboxylic acids is 3. The second-order valence-corrected chi connectivity index (χ2v) is 6.77. The van der Waals surface area contributed by atoms with E-state index in [2.05, 4.69) is 20.9 Å². The molecule has 148 valence electrons. The Morgan fingerprint density at radius 3 is 2.70 bits per heavy atom. The summed E-state index contributed by atoms with van der Waals surface area (Å²) in [6.45, 7) is 6.32. The molecule has 1 aliphatic rings. The average molecular weight is 375 g/mol. The molecule has 0 aromatic carbocycles. The van der Waals surface area contributed by atoms with Crippen LogP contribution in [0.15, 0.2) is 18.3 Å². The summed E-state index contributed by atoms with van der Waals surface area (Å²) in [6.07, 6.45) is 2.74. The van der Waals surface area contributed by atoms with Crippen molar-refractivity contribution >= 4 is 23.5 Å². The predicted molar refractivity (Wildman–Crippen MR) is 103 cm³/mol. The van der Waals surface area contributed by atoms with Crippen molar-refractivity contribution in [3.05, 3.63) is 23.9 Å². The average Bonchev–Trinajstić information content (AvgIpc) is 3.05. The maximum absolute atomic E-state index is 13.4. The molecule has 8 nitrogen and oxygen atoms in total. The third-order valence-electron chi connectivity index (χ3n) is 4.84. The second kappa shape index (κ2) is 9.45. The normalized spacial score (nSPS) is 17.8. The van der Waals surface area contributed by atoms with Gasteiger partial charge < -0.3 is 16.0 Å². The van der Waals surface area contributed by atoms with E-state index in [9.17, 15) is 14.4 Å². The van der Waals surface area contributed by atoms with Gasteiger partial charge in [0.2, 0.25) is 11.8 Å². The molecule has 3 atom stereocenters. The third kappa shape index (κ3) is 4.63. The van der Waals surface area contributed by atoms with Crippen LogP contribution in [0.1, 0.15) is 32.8 Å². The van der Waals surface area contributed by atoms with Crippen LogP contribution in [0.2, 0.25) is 0 Å². The molecule has 0 saturated carbocycles. The summed E-state index contributed by atoms with van der Waals surface area (Å²) in [4.78, 5) is 43.9. The van der Waals surface area contributed by atoms with Crippen molar-refractivity contribution in [1.29, 1.82) is 0 Å². The first-order chi connectivity index (χ1) is 12.9. The zero-order chi connectivity index (χ0) is 20.0. The zero-order valence-corrected chi connectivity index (χ0v) is 16.4. The number of likely N-dealkylation sites (N-methyl/N-ethyl adjacent to an activating group) is 2. The van der Waals surface area contributed by atoms with Gasteiger partial charge in [0.15, 0.2) is 0 Å². The fraction of sp³-hybridized carbons (Fsp3) is 0.579. The van der Waals surface area contributed by atoms with Crippen LogP contribution in [-0.4, -0.2) is 54.9 Å². The fourth-order valence-electron chi connectivity index (χ4n) is 3.23. The van der Waals surface area contributed by atoms with E-state index in [0.717, 1.165) is 5.56 Å². The molecule has 2 unspecified atom stereocenters. The smallest absolute Gasteiger partial charge is 0.251 e. The Labute approximate surface area is 160 Å². The standard InChI is InChI=1S/C19H29N5O3/c1-5-12(3)16(23-15(25)11-20-4)19(27)24-14(18(26)21-6-2)10-13-8-7-9-22-17(13)24/h7-9,12,14,16,20H,5-6,10-11H2,1-4H3,(H,21,26)(H,23,25)/t12-,14?,16?/m0/s1. The van der Waals surface area contributed by atoms with Gasteiger partial charge in [0.25, 0.3) is 5.91 Å². The minimum absolute atomic E-state index is 0.0824. The van der Waals surface area contributed by atoms with Crippen LogP contribution in [0.3, 0.4) is 0 Å². The van der Waals surface area contributed by atoms with Gasteiger partial charge in [0, 0.05) is 19.2 Å². The quantitative estimate of drug-likeness (QED) is 0.603. The largest absolute Gasteiger partial charge is 0.355 e. The van der Waals surface area contributed by atoms with Crippen molar-refractivity contribution in [2.75, 3.05) is 25.0 Å². The summed E-state index contributed by atoms with van der Waals surface area (Å²) in [5.41, 5.74) is 0.853. The molecule has 0 spiro atoms. The molecule has 1 aliphatic heterocycles. The van der Waals surface area contributed by atoms with E-state index in [4.69, 9.17) is 0 Å². The van der Waals surface area contributed by atoms with Crippen LogP contribution in [0.5, 0.6) is 0 Å². The molecule has 2 rings (SSSR count). The van der Waals surface area contributed by atoms with Crippen molar-refractivity contribution in [2.24, 2.45) is 5.92 Å². The highest BCUT2D eigenvalue weighted by molar-refractivity contribution is 6.06. The number of amides is 3. The molecule has 3 amide bonds. The van der Waals surface area contributed by atoms with E-state index in [1.165, 1.54) is 4.90 Å². The van der Waals surface area contributed by atoms with E-state index >= 15 is 0 Å². The van der Waals surface area contributed by atoms with Gasteiger partial charge in [-0.2, -0.15) is 0 Å². The van der Waals surface area contributed by atoms with Gasteiger partial charge in [-0.25, -0.2) is 4.98 Å². The van der Waals surface area contributed by atoms with E-state index in [0.29, 0.717) is 25.2 Å². The number of nitrogens with one attached hydrogen (secondary N) is 3. The summed E-state index contributed by atoms with van der Waals surface area (Å²) < 4.78 is 0. The topological polar surface area (TPSA) is 103 Å². The van der Waals surface area contributed by atoms with Gasteiger partial charge in [-0.05, 0) is 31.5 Å². The van der Waals surface area contributed by atoms with Gasteiger partial charge >= 0.3 is 0 Å². The number of pyridine rings is 1. The molecule has 0 radical (unpaired) electrons. The molecule has 1 aromatic heterocycles. The number of rotatable bonds is 8. The minimum Gasteiger partial charge on any atom is -0.355 e. The van der Waals surface area contributed by atoms with E-state index < -0.39 is 12.1 Å². The van der Waals surface area contributed by atoms with Gasteiger partial charge in [-0.1, -0.05) is 26.3 Å². The van der Waals surface area contributed by atoms with E-state index in [1.807, 2.05) is 26.8 Å². The molecule has 0 aliphatic carbocycles. The lowest BCUT2D eigenvalue weighted by molar-refractivity contribution is -0.130. The summed E-state index contributed by atoms with van der Waals surface area (Å²) in [7, 11) is 1.67. The molecule has 1 aromatic rings. The highest BCUT2D eigenvalue weighted by Gasteiger charge is 2.42. The lowest BCUT2D eigenvalue weighted by atomic mass is 9.97. The van der Waals surface area contributed by atoms with Crippen molar-refractivity contribution < 1.29 is 14.4 Å². The first-order valence-corrected chi connectivity index (χ1v) is 9.43. The lowest BCUT2D eigenvalue weighted by Gasteiger charge is -2.31. The van der Waals surface area contributed by atoms with Crippen molar-refractivity contribution in [3.63, 3.8) is 0 Å². The predicted octanol–water partition coefficient (Wildman–Crippen LogP) is 0.226. The van der Waals surface area contributed by atoms with Crippen molar-refractivity contribution in [2.45, 2.75) is 45.7 Å². The van der Waals surface area contributed by atoms with Crippen LogP contribution < -0.4 is 20.9 Å².